The summed E-state index contributed by atoms with van der Waals surface area (Å²) in [4.78, 5) is 13.8. The zero-order chi connectivity index (χ0) is 23.3. The van der Waals surface area contributed by atoms with Crippen molar-refractivity contribution in [3.8, 4) is 23.1 Å². The maximum Gasteiger partial charge on any atom is 0.227 e. The molecule has 0 aliphatic carbocycles. The Morgan fingerprint density at radius 1 is 1.09 bits per heavy atom. The first-order valence-electron chi connectivity index (χ1n) is 11.7. The van der Waals surface area contributed by atoms with E-state index in [0.717, 1.165) is 62.6 Å². The minimum absolute atomic E-state index is 0.107. The van der Waals surface area contributed by atoms with Crippen molar-refractivity contribution in [2.75, 3.05) is 56.5 Å². The highest BCUT2D eigenvalue weighted by molar-refractivity contribution is 5.66. The average molecular weight is 456 g/mol. The van der Waals surface area contributed by atoms with E-state index < -0.39 is 0 Å². The molecule has 2 saturated heterocycles. The first-order valence-corrected chi connectivity index (χ1v) is 11.7. The monoisotopic (exact) mass is 455 g/mol. The second-order valence-corrected chi connectivity index (χ2v) is 8.78. The van der Waals surface area contributed by atoms with Crippen molar-refractivity contribution < 1.29 is 4.74 Å². The van der Waals surface area contributed by atoms with Gasteiger partial charge in [0.2, 0.25) is 5.95 Å². The third kappa shape index (κ3) is 5.11. The Hall–Kier alpha value is -3.67. The summed E-state index contributed by atoms with van der Waals surface area (Å²) in [5.41, 5.74) is 4.27. The van der Waals surface area contributed by atoms with E-state index in [9.17, 15) is 5.26 Å². The lowest BCUT2D eigenvalue weighted by Crippen LogP contribution is -2.44. The van der Waals surface area contributed by atoms with Gasteiger partial charge >= 0.3 is 0 Å². The van der Waals surface area contributed by atoms with Crippen molar-refractivity contribution in [1.82, 2.24) is 20.2 Å². The van der Waals surface area contributed by atoms with E-state index in [2.05, 4.69) is 67.8 Å². The largest absolute Gasteiger partial charge is 0.488 e. The molecule has 0 spiro atoms. The van der Waals surface area contributed by atoms with Gasteiger partial charge in [0.25, 0.3) is 0 Å². The summed E-state index contributed by atoms with van der Waals surface area (Å²) in [7, 11) is 2.16. The number of aromatic nitrogens is 2. The molecular weight excluding hydrogens is 426 g/mol. The number of rotatable bonds is 6. The lowest BCUT2D eigenvalue weighted by atomic mass is 10.1. The molecule has 2 N–H and O–H groups in total. The smallest absolute Gasteiger partial charge is 0.227 e. The van der Waals surface area contributed by atoms with Crippen LogP contribution in [-0.4, -0.2) is 67.3 Å². The van der Waals surface area contributed by atoms with Crippen molar-refractivity contribution in [3.05, 3.63) is 60.3 Å². The molecule has 2 aliphatic heterocycles. The number of piperazine rings is 1. The molecule has 1 unspecified atom stereocenters. The summed E-state index contributed by atoms with van der Waals surface area (Å²) in [5, 5.41) is 16.2. The van der Waals surface area contributed by atoms with Crippen LogP contribution < -0.4 is 20.3 Å². The van der Waals surface area contributed by atoms with Crippen molar-refractivity contribution >= 4 is 17.3 Å². The normalized spacial score (nSPS) is 18.5. The fraction of sp³-hybridized carbons (Fsp3) is 0.346. The number of hydrogen-bond donors (Lipinski definition) is 2. The maximum atomic E-state index is 9.65. The van der Waals surface area contributed by atoms with Gasteiger partial charge in [0.05, 0.1) is 11.3 Å². The molecule has 3 aromatic rings. The zero-order valence-corrected chi connectivity index (χ0v) is 19.4. The number of nitrogens with one attached hydrogen (secondary N) is 2. The lowest BCUT2D eigenvalue weighted by Gasteiger charge is -2.34. The Kier molecular flexibility index (Phi) is 6.56. The van der Waals surface area contributed by atoms with E-state index in [1.807, 2.05) is 24.3 Å². The highest BCUT2D eigenvalue weighted by Gasteiger charge is 2.18. The Morgan fingerprint density at radius 3 is 2.65 bits per heavy atom. The third-order valence-corrected chi connectivity index (χ3v) is 6.35. The first kappa shape index (κ1) is 22.1. The molecule has 0 amide bonds. The lowest BCUT2D eigenvalue weighted by molar-refractivity contribution is 0.222. The molecule has 1 aromatic heterocycles. The van der Waals surface area contributed by atoms with E-state index in [1.54, 1.807) is 6.20 Å². The second kappa shape index (κ2) is 10.1. The number of likely N-dealkylation sites (N-methyl/N-ethyl adjacent to an activating group) is 1. The SMILES string of the molecule is CN1CCN(c2ccc(Nc3nccc(-c4ccc(OC5CCNC5)c(C#N)c4)n3)cc2)CC1. The molecule has 8 heteroatoms. The van der Waals surface area contributed by atoms with E-state index in [-0.39, 0.29) is 6.10 Å². The molecule has 3 heterocycles. The summed E-state index contributed by atoms with van der Waals surface area (Å²) in [6, 6.07) is 18.1. The number of ether oxygens (including phenoxy) is 1. The van der Waals surface area contributed by atoms with Crippen LogP contribution in [0.1, 0.15) is 12.0 Å². The molecular formula is C26H29N7O. The van der Waals surface area contributed by atoms with Crippen LogP contribution in [-0.2, 0) is 0 Å². The number of benzene rings is 2. The van der Waals surface area contributed by atoms with Gasteiger partial charge in [-0.1, -0.05) is 0 Å². The minimum Gasteiger partial charge on any atom is -0.488 e. The second-order valence-electron chi connectivity index (χ2n) is 8.78. The van der Waals surface area contributed by atoms with Crippen LogP contribution in [0.15, 0.2) is 54.7 Å². The summed E-state index contributed by atoms with van der Waals surface area (Å²) in [6.07, 6.45) is 2.78. The van der Waals surface area contributed by atoms with Gasteiger partial charge < -0.3 is 25.2 Å². The van der Waals surface area contributed by atoms with Crippen LogP contribution in [0.5, 0.6) is 5.75 Å². The molecule has 174 valence electrons. The van der Waals surface area contributed by atoms with Gasteiger partial charge in [-0.2, -0.15) is 5.26 Å². The first-order chi connectivity index (χ1) is 16.7. The topological polar surface area (TPSA) is 89.3 Å². The van der Waals surface area contributed by atoms with E-state index in [0.29, 0.717) is 17.3 Å². The van der Waals surface area contributed by atoms with Crippen LogP contribution in [0.4, 0.5) is 17.3 Å². The van der Waals surface area contributed by atoms with Crippen LogP contribution >= 0.6 is 0 Å². The summed E-state index contributed by atoms with van der Waals surface area (Å²) < 4.78 is 6.01. The van der Waals surface area contributed by atoms with Crippen molar-refractivity contribution in [3.63, 3.8) is 0 Å². The molecule has 0 bridgehead atoms. The molecule has 0 radical (unpaired) electrons. The maximum absolute atomic E-state index is 9.65. The number of nitrogens with zero attached hydrogens (tertiary/aromatic N) is 5. The van der Waals surface area contributed by atoms with Gasteiger partial charge in [0.15, 0.2) is 0 Å². The molecule has 2 fully saturated rings. The summed E-state index contributed by atoms with van der Waals surface area (Å²) >= 11 is 0. The van der Waals surface area contributed by atoms with Gasteiger partial charge in [0.1, 0.15) is 17.9 Å². The van der Waals surface area contributed by atoms with E-state index in [4.69, 9.17) is 4.74 Å². The van der Waals surface area contributed by atoms with Gasteiger partial charge in [-0.05, 0) is 68.5 Å². The quantitative estimate of drug-likeness (QED) is 0.586. The Balaban J connectivity index is 1.28. The van der Waals surface area contributed by atoms with E-state index >= 15 is 0 Å². The Morgan fingerprint density at radius 2 is 1.91 bits per heavy atom. The fourth-order valence-electron chi connectivity index (χ4n) is 4.32. The van der Waals surface area contributed by atoms with Crippen molar-refractivity contribution in [2.24, 2.45) is 0 Å². The van der Waals surface area contributed by atoms with Crippen LogP contribution in [0, 0.1) is 11.3 Å². The van der Waals surface area contributed by atoms with Crippen LogP contribution in [0.3, 0.4) is 0 Å². The molecule has 1 atom stereocenters. The van der Waals surface area contributed by atoms with Crippen molar-refractivity contribution in [2.45, 2.75) is 12.5 Å². The zero-order valence-electron chi connectivity index (χ0n) is 19.4. The number of nitriles is 1. The van der Waals surface area contributed by atoms with Crippen molar-refractivity contribution in [1.29, 1.82) is 5.26 Å². The standard InChI is InChI=1S/C26H29N7O/c1-32-12-14-33(15-13-32)22-5-3-21(4-6-22)30-26-29-11-9-24(31-26)19-2-7-25(20(16-19)17-27)34-23-8-10-28-18-23/h2-7,9,11,16,23,28H,8,10,12-15,18H2,1H3,(H,29,30,31). The van der Waals surface area contributed by atoms with Gasteiger partial charge in [-0.3, -0.25) is 0 Å². The van der Waals surface area contributed by atoms with E-state index in [1.165, 1.54) is 5.69 Å². The molecule has 34 heavy (non-hydrogen) atoms. The molecule has 2 aromatic carbocycles. The predicted octanol–water partition coefficient (Wildman–Crippen LogP) is 3.25. The Labute approximate surface area is 200 Å². The average Bonchev–Trinajstić information content (AvgIpc) is 3.39. The molecule has 5 rings (SSSR count). The molecule has 8 nitrogen and oxygen atoms in total. The predicted molar refractivity (Wildman–Crippen MR) is 134 cm³/mol. The summed E-state index contributed by atoms with van der Waals surface area (Å²) in [6.45, 7) is 6.00. The van der Waals surface area contributed by atoms with Crippen LogP contribution in [0.25, 0.3) is 11.3 Å². The van der Waals surface area contributed by atoms with Gasteiger partial charge in [-0.15, -0.1) is 0 Å². The van der Waals surface area contributed by atoms with Crippen LogP contribution in [0.2, 0.25) is 0 Å². The third-order valence-electron chi connectivity index (χ3n) is 6.35. The highest BCUT2D eigenvalue weighted by Crippen LogP contribution is 2.28. The molecule has 2 aliphatic rings. The Bertz CT molecular complexity index is 1160. The summed E-state index contributed by atoms with van der Waals surface area (Å²) in [5.74, 6) is 1.13. The minimum atomic E-state index is 0.107. The molecule has 0 saturated carbocycles. The number of anilines is 3. The number of hydrogen-bond acceptors (Lipinski definition) is 8. The highest BCUT2D eigenvalue weighted by atomic mass is 16.5. The van der Waals surface area contributed by atoms with Gasteiger partial charge in [0, 0.05) is 55.9 Å². The van der Waals surface area contributed by atoms with Gasteiger partial charge in [-0.25, -0.2) is 9.97 Å². The fourth-order valence-corrected chi connectivity index (χ4v) is 4.32.